The van der Waals surface area contributed by atoms with Crippen LogP contribution < -0.4 is 0 Å². The number of aliphatic hydroxyl groups excluding tert-OH is 1. The van der Waals surface area contributed by atoms with Crippen LogP contribution in [-0.4, -0.2) is 77.9 Å². The summed E-state index contributed by atoms with van der Waals surface area (Å²) in [7, 11) is 0. The Morgan fingerprint density at radius 3 is 2.44 bits per heavy atom. The molecule has 6 rings (SSSR count). The smallest absolute Gasteiger partial charge is 0.248 e. The summed E-state index contributed by atoms with van der Waals surface area (Å²) in [5.41, 5.74) is -1.50. The number of aromatic nitrogens is 4. The minimum atomic E-state index is -2.90. The standard InChI is InChI=1S/C30H33F5N4O5S/c1-15-5-4-10-36-22(15)26(29(41)6-8-30(34,35)9-7-29)45-27-24(40)23(25-20(43-27)14-42-28(2,3)44-25)39-13-19(37-38-39)16-11-17(31)21(33)18(32)12-16/h4-5,10-13,20,23-27,40-41H,6-9,14H2,1-3H3/t20-,23-,24-,25+,26-,27+/m1/s1. The maximum absolute atomic E-state index is 14.2. The highest BCUT2D eigenvalue weighted by atomic mass is 32.2. The second-order valence-electron chi connectivity index (χ2n) is 12.3. The van der Waals surface area contributed by atoms with Crippen molar-refractivity contribution >= 4 is 11.8 Å². The fourth-order valence-corrected chi connectivity index (χ4v) is 7.83. The number of alkyl halides is 2. The number of benzene rings is 1. The third-order valence-corrected chi connectivity index (χ3v) is 10.2. The van der Waals surface area contributed by atoms with Gasteiger partial charge in [-0.25, -0.2) is 26.6 Å². The molecule has 1 aromatic carbocycles. The first kappa shape index (κ1) is 32.3. The Balaban J connectivity index is 1.36. The van der Waals surface area contributed by atoms with Gasteiger partial charge in [-0.3, -0.25) is 4.98 Å². The van der Waals surface area contributed by atoms with Gasteiger partial charge in [0.2, 0.25) is 5.92 Å². The van der Waals surface area contributed by atoms with Gasteiger partial charge in [-0.2, -0.15) is 0 Å². The van der Waals surface area contributed by atoms with E-state index in [0.717, 1.165) is 29.5 Å². The molecule has 3 aromatic rings. The molecule has 0 spiro atoms. The molecule has 4 heterocycles. The van der Waals surface area contributed by atoms with Crippen LogP contribution in [0.5, 0.6) is 0 Å². The van der Waals surface area contributed by atoms with E-state index in [4.69, 9.17) is 14.2 Å². The zero-order chi connectivity index (χ0) is 32.3. The number of aliphatic hydroxyl groups is 2. The Hall–Kier alpha value is -2.69. The van der Waals surface area contributed by atoms with Crippen molar-refractivity contribution in [2.24, 2.45) is 0 Å². The van der Waals surface area contributed by atoms with E-state index < -0.39 is 82.6 Å². The monoisotopic (exact) mass is 656 g/mol. The highest BCUT2D eigenvalue weighted by Crippen LogP contribution is 2.53. The molecule has 2 aliphatic heterocycles. The molecule has 3 aliphatic rings. The molecule has 244 valence electrons. The molecule has 0 bridgehead atoms. The average molecular weight is 657 g/mol. The highest BCUT2D eigenvalue weighted by molar-refractivity contribution is 8.00. The van der Waals surface area contributed by atoms with Gasteiger partial charge in [0.05, 0.1) is 29.3 Å². The van der Waals surface area contributed by atoms with E-state index in [1.165, 1.54) is 10.9 Å². The number of fused-ring (bicyclic) bond motifs is 1. The number of halogens is 5. The van der Waals surface area contributed by atoms with Gasteiger partial charge in [-0.15, -0.1) is 16.9 Å². The maximum atomic E-state index is 14.2. The van der Waals surface area contributed by atoms with E-state index in [9.17, 15) is 32.2 Å². The molecule has 1 saturated carbocycles. The Kier molecular flexibility index (Phi) is 8.48. The topological polar surface area (TPSA) is 112 Å². The van der Waals surface area contributed by atoms with E-state index in [1.54, 1.807) is 39.1 Å². The lowest BCUT2D eigenvalue weighted by Crippen LogP contribution is -2.61. The molecular formula is C30H33F5N4O5S. The molecule has 2 saturated heterocycles. The van der Waals surface area contributed by atoms with Gasteiger partial charge >= 0.3 is 0 Å². The zero-order valence-corrected chi connectivity index (χ0v) is 25.5. The minimum Gasteiger partial charge on any atom is -0.388 e. The van der Waals surface area contributed by atoms with Gasteiger partial charge in [0.25, 0.3) is 0 Å². The number of rotatable bonds is 6. The number of nitrogens with zero attached hydrogens (tertiary/aromatic N) is 4. The predicted octanol–water partition coefficient (Wildman–Crippen LogP) is 5.26. The Labute approximate surface area is 260 Å². The summed E-state index contributed by atoms with van der Waals surface area (Å²) < 4.78 is 89.6. The normalized spacial score (nSPS) is 29.6. The first-order chi connectivity index (χ1) is 21.2. The molecule has 0 radical (unpaired) electrons. The Bertz CT molecular complexity index is 1530. The Morgan fingerprint density at radius 2 is 1.78 bits per heavy atom. The van der Waals surface area contributed by atoms with Crippen LogP contribution in [0.1, 0.15) is 62.1 Å². The van der Waals surface area contributed by atoms with E-state index in [0.29, 0.717) is 5.69 Å². The summed E-state index contributed by atoms with van der Waals surface area (Å²) in [5, 5.41) is 31.0. The summed E-state index contributed by atoms with van der Waals surface area (Å²) >= 11 is 1.07. The third kappa shape index (κ3) is 6.34. The van der Waals surface area contributed by atoms with Gasteiger partial charge < -0.3 is 24.4 Å². The van der Waals surface area contributed by atoms with Crippen LogP contribution in [0.4, 0.5) is 22.0 Å². The molecule has 3 fully saturated rings. The van der Waals surface area contributed by atoms with Crippen LogP contribution in [0.25, 0.3) is 11.3 Å². The summed E-state index contributed by atoms with van der Waals surface area (Å²) in [6, 6.07) is 4.13. The molecular weight excluding hydrogens is 623 g/mol. The quantitative estimate of drug-likeness (QED) is 0.271. The van der Waals surface area contributed by atoms with Crippen LogP contribution in [0, 0.1) is 24.4 Å². The zero-order valence-electron chi connectivity index (χ0n) is 24.7. The maximum Gasteiger partial charge on any atom is 0.248 e. The third-order valence-electron chi connectivity index (χ3n) is 8.66. The molecule has 1 aliphatic carbocycles. The van der Waals surface area contributed by atoms with E-state index >= 15 is 0 Å². The van der Waals surface area contributed by atoms with Crippen molar-refractivity contribution in [3.8, 4) is 11.3 Å². The lowest BCUT2D eigenvalue weighted by molar-refractivity contribution is -0.341. The van der Waals surface area contributed by atoms with Crippen LogP contribution in [0.3, 0.4) is 0 Å². The second kappa shape index (κ2) is 11.8. The van der Waals surface area contributed by atoms with Gasteiger partial charge in [-0.05, 0) is 57.4 Å². The molecule has 15 heteroatoms. The summed E-state index contributed by atoms with van der Waals surface area (Å²) in [6.07, 6.45) is -1.43. The van der Waals surface area contributed by atoms with Gasteiger partial charge in [0.15, 0.2) is 23.2 Å². The van der Waals surface area contributed by atoms with Crippen molar-refractivity contribution in [2.45, 2.75) is 98.8 Å². The first-order valence-corrected chi connectivity index (χ1v) is 15.5. The van der Waals surface area contributed by atoms with E-state index in [1.807, 2.05) is 0 Å². The fraction of sp³-hybridized carbons (Fsp3) is 0.567. The van der Waals surface area contributed by atoms with Crippen LogP contribution >= 0.6 is 11.8 Å². The van der Waals surface area contributed by atoms with Crippen LogP contribution in [0.2, 0.25) is 0 Å². The highest BCUT2D eigenvalue weighted by Gasteiger charge is 2.55. The van der Waals surface area contributed by atoms with E-state index in [-0.39, 0.29) is 30.7 Å². The molecule has 6 atom stereocenters. The lowest BCUT2D eigenvalue weighted by atomic mass is 9.79. The van der Waals surface area contributed by atoms with Crippen LogP contribution in [0.15, 0.2) is 36.7 Å². The number of hydrogen-bond donors (Lipinski definition) is 2. The summed E-state index contributed by atoms with van der Waals surface area (Å²) in [5.74, 6) is -8.38. The predicted molar refractivity (Wildman–Crippen MR) is 152 cm³/mol. The fourth-order valence-electron chi connectivity index (χ4n) is 6.17. The molecule has 0 unspecified atom stereocenters. The number of hydrogen-bond acceptors (Lipinski definition) is 9. The van der Waals surface area contributed by atoms with Gasteiger partial charge in [-0.1, -0.05) is 11.3 Å². The number of aryl methyl sites for hydroxylation is 1. The van der Waals surface area contributed by atoms with E-state index in [2.05, 4.69) is 15.3 Å². The average Bonchev–Trinajstić information content (AvgIpc) is 3.46. The summed E-state index contributed by atoms with van der Waals surface area (Å²) in [6.45, 7) is 5.26. The molecule has 9 nitrogen and oxygen atoms in total. The Morgan fingerprint density at radius 1 is 1.09 bits per heavy atom. The van der Waals surface area contributed by atoms with Crippen molar-refractivity contribution in [1.82, 2.24) is 20.0 Å². The number of thioether (sulfide) groups is 1. The van der Waals surface area contributed by atoms with Crippen molar-refractivity contribution in [1.29, 1.82) is 0 Å². The molecule has 0 amide bonds. The second-order valence-corrected chi connectivity index (χ2v) is 13.5. The van der Waals surface area contributed by atoms with Crippen molar-refractivity contribution in [3.63, 3.8) is 0 Å². The van der Waals surface area contributed by atoms with Crippen molar-refractivity contribution in [3.05, 3.63) is 65.4 Å². The van der Waals surface area contributed by atoms with Gasteiger partial charge in [0, 0.05) is 24.6 Å². The van der Waals surface area contributed by atoms with Gasteiger partial charge in [0.1, 0.15) is 35.5 Å². The largest absolute Gasteiger partial charge is 0.388 e. The van der Waals surface area contributed by atoms with Crippen molar-refractivity contribution in [2.75, 3.05) is 6.61 Å². The number of pyridine rings is 1. The van der Waals surface area contributed by atoms with Crippen molar-refractivity contribution < 1.29 is 46.4 Å². The SMILES string of the molecule is Cc1cccnc1[C@@H](S[C@@H]1O[C@@H]2COC(C)(C)O[C@@H]2[C@H](n2cc(-c3cc(F)c(F)c(F)c3)nn2)[C@H]1O)C1(O)CCC(F)(F)CC1. The minimum absolute atomic E-state index is 0.0120. The summed E-state index contributed by atoms with van der Waals surface area (Å²) in [4.78, 5) is 4.49. The number of ether oxygens (including phenoxy) is 3. The molecule has 2 aromatic heterocycles. The molecule has 45 heavy (non-hydrogen) atoms. The lowest BCUT2D eigenvalue weighted by Gasteiger charge is -2.51. The van der Waals surface area contributed by atoms with Crippen LogP contribution in [-0.2, 0) is 14.2 Å². The molecule has 2 N–H and O–H groups in total. The first-order valence-electron chi connectivity index (χ1n) is 14.6.